The van der Waals surface area contributed by atoms with Gasteiger partial charge in [-0.15, -0.1) is 0 Å². The number of aromatic amines is 1. The Hall–Kier alpha value is -3.33. The number of H-pyrrole nitrogens is 1. The smallest absolute Gasteiger partial charge is 0.475 e. The van der Waals surface area contributed by atoms with E-state index in [2.05, 4.69) is 53.2 Å². The zero-order chi connectivity index (χ0) is 25.8. The second kappa shape index (κ2) is 10.9. The number of likely N-dealkylation sites (N-methyl/N-ethyl adjacent to an activating group) is 1. The van der Waals surface area contributed by atoms with Crippen molar-refractivity contribution >= 4 is 27.8 Å². The van der Waals surface area contributed by atoms with Gasteiger partial charge in [0.1, 0.15) is 5.69 Å². The van der Waals surface area contributed by atoms with Crippen molar-refractivity contribution < 1.29 is 32.4 Å². The fraction of sp³-hybridized carbons (Fsp3) is 0.400. The van der Waals surface area contributed by atoms with Crippen molar-refractivity contribution in [1.82, 2.24) is 35.1 Å². The Labute approximate surface area is 205 Å². The fourth-order valence-electron chi connectivity index (χ4n) is 3.00. The first-order valence-corrected chi connectivity index (χ1v) is 11.1. The van der Waals surface area contributed by atoms with Gasteiger partial charge in [0.15, 0.2) is 5.69 Å². The van der Waals surface area contributed by atoms with E-state index in [0.717, 1.165) is 29.7 Å². The highest BCUT2D eigenvalue weighted by atomic mass is 79.9. The molecule has 35 heavy (non-hydrogen) atoms. The van der Waals surface area contributed by atoms with Gasteiger partial charge in [-0.25, -0.2) is 4.79 Å². The van der Waals surface area contributed by atoms with Gasteiger partial charge in [-0.3, -0.25) is 14.9 Å². The van der Waals surface area contributed by atoms with E-state index >= 15 is 0 Å². The molecule has 1 fully saturated rings. The second-order valence-corrected chi connectivity index (χ2v) is 8.26. The molecule has 1 aliphatic heterocycles. The minimum Gasteiger partial charge on any atom is -0.475 e. The highest BCUT2D eigenvalue weighted by molar-refractivity contribution is 9.10. The van der Waals surface area contributed by atoms with E-state index in [1.807, 2.05) is 11.8 Å². The number of pyridine rings is 1. The number of rotatable bonds is 4. The molecule has 3 aromatic rings. The number of carboxylic acid groups (broad SMARTS) is 1. The Morgan fingerprint density at radius 2 is 1.89 bits per heavy atom. The average molecular weight is 560 g/mol. The van der Waals surface area contributed by atoms with Gasteiger partial charge in [-0.05, 0) is 41.5 Å². The van der Waals surface area contributed by atoms with Crippen LogP contribution in [0.5, 0.6) is 0 Å². The molecular formula is C20H21BrF3N7O4. The molecule has 2 N–H and O–H groups in total. The molecule has 3 aromatic heterocycles. The van der Waals surface area contributed by atoms with Crippen LogP contribution in [0.2, 0.25) is 0 Å². The van der Waals surface area contributed by atoms with Crippen molar-refractivity contribution in [3.05, 3.63) is 34.2 Å². The highest BCUT2D eigenvalue weighted by Crippen LogP contribution is 2.29. The summed E-state index contributed by atoms with van der Waals surface area (Å²) in [5, 5.41) is 18.3. The van der Waals surface area contributed by atoms with E-state index in [1.54, 1.807) is 18.3 Å². The second-order valence-electron chi connectivity index (χ2n) is 7.47. The molecule has 188 valence electrons. The Kier molecular flexibility index (Phi) is 8.22. The molecule has 0 unspecified atom stereocenters. The molecule has 0 spiro atoms. The summed E-state index contributed by atoms with van der Waals surface area (Å²) in [4.78, 5) is 34.2. The summed E-state index contributed by atoms with van der Waals surface area (Å²) in [5.41, 5.74) is 2.63. The van der Waals surface area contributed by atoms with Crippen LogP contribution in [0.1, 0.15) is 23.1 Å². The first-order chi connectivity index (χ1) is 16.5. The van der Waals surface area contributed by atoms with Gasteiger partial charge in [0.05, 0.1) is 4.47 Å². The van der Waals surface area contributed by atoms with Crippen molar-refractivity contribution in [2.24, 2.45) is 0 Å². The van der Waals surface area contributed by atoms with Crippen LogP contribution in [-0.4, -0.2) is 91.5 Å². The van der Waals surface area contributed by atoms with Gasteiger partial charge in [0.25, 0.3) is 11.8 Å². The van der Waals surface area contributed by atoms with E-state index in [4.69, 9.17) is 14.4 Å². The number of aromatic nitrogens is 5. The van der Waals surface area contributed by atoms with Crippen LogP contribution in [-0.2, 0) is 11.2 Å². The van der Waals surface area contributed by atoms with Crippen LogP contribution in [0, 0.1) is 0 Å². The summed E-state index contributed by atoms with van der Waals surface area (Å²) < 4.78 is 37.9. The van der Waals surface area contributed by atoms with E-state index in [9.17, 15) is 18.0 Å². The third-order valence-corrected chi connectivity index (χ3v) is 5.89. The van der Waals surface area contributed by atoms with E-state index in [-0.39, 0.29) is 5.91 Å². The number of carboxylic acids is 1. The predicted octanol–water partition coefficient (Wildman–Crippen LogP) is 2.87. The number of amides is 1. The Bertz CT molecular complexity index is 1170. The lowest BCUT2D eigenvalue weighted by molar-refractivity contribution is -0.192. The normalized spacial score (nSPS) is 14.4. The lowest BCUT2D eigenvalue weighted by Crippen LogP contribution is -2.47. The van der Waals surface area contributed by atoms with Crippen LogP contribution < -0.4 is 0 Å². The summed E-state index contributed by atoms with van der Waals surface area (Å²) in [6.45, 7) is 5.20. The van der Waals surface area contributed by atoms with Crippen molar-refractivity contribution in [2.75, 3.05) is 33.2 Å². The number of aliphatic carboxylic acids is 1. The van der Waals surface area contributed by atoms with Gasteiger partial charge in [-0.2, -0.15) is 23.3 Å². The quantitative estimate of drug-likeness (QED) is 0.493. The molecule has 4 rings (SSSR count). The summed E-state index contributed by atoms with van der Waals surface area (Å²) in [6, 6.07) is 3.48. The predicted molar refractivity (Wildman–Crippen MR) is 119 cm³/mol. The van der Waals surface area contributed by atoms with Crippen molar-refractivity contribution in [2.45, 2.75) is 19.5 Å². The van der Waals surface area contributed by atoms with Gasteiger partial charge in [-0.1, -0.05) is 12.1 Å². The van der Waals surface area contributed by atoms with Crippen LogP contribution in [0.4, 0.5) is 13.2 Å². The van der Waals surface area contributed by atoms with Gasteiger partial charge < -0.3 is 19.4 Å². The molecule has 1 saturated heterocycles. The first-order valence-electron chi connectivity index (χ1n) is 10.3. The molecule has 0 saturated carbocycles. The minimum atomic E-state index is -5.08. The Morgan fingerprint density at radius 1 is 1.23 bits per heavy atom. The number of nitrogens with one attached hydrogen (secondary N) is 1. The Morgan fingerprint density at radius 3 is 2.40 bits per heavy atom. The molecule has 4 heterocycles. The minimum absolute atomic E-state index is 0.0546. The SMILES string of the molecule is CCc1[nH]nc(-c2nc(-c3ccc(C(=O)N4CCN(C)CC4)nc3)no2)c1Br.O=C(O)C(F)(F)F. The number of hydrogen-bond acceptors (Lipinski definition) is 8. The van der Waals surface area contributed by atoms with Crippen LogP contribution in [0.3, 0.4) is 0 Å². The number of halogens is 4. The van der Waals surface area contributed by atoms with Crippen LogP contribution in [0.15, 0.2) is 27.3 Å². The summed E-state index contributed by atoms with van der Waals surface area (Å²) in [7, 11) is 2.05. The molecule has 11 nitrogen and oxygen atoms in total. The third-order valence-electron chi connectivity index (χ3n) is 5.03. The Balaban J connectivity index is 0.000000429. The van der Waals surface area contributed by atoms with Crippen molar-refractivity contribution in [3.63, 3.8) is 0 Å². The van der Waals surface area contributed by atoms with Gasteiger partial charge in [0, 0.05) is 43.6 Å². The number of hydrogen-bond donors (Lipinski definition) is 2. The zero-order valence-electron chi connectivity index (χ0n) is 18.6. The number of piperazine rings is 1. The number of nitrogens with zero attached hydrogens (tertiary/aromatic N) is 6. The average Bonchev–Trinajstić information content (AvgIpc) is 3.45. The lowest BCUT2D eigenvalue weighted by atomic mass is 10.2. The maximum atomic E-state index is 12.6. The highest BCUT2D eigenvalue weighted by Gasteiger charge is 2.38. The van der Waals surface area contributed by atoms with E-state index in [1.165, 1.54) is 0 Å². The topological polar surface area (TPSA) is 141 Å². The van der Waals surface area contributed by atoms with Gasteiger partial charge >= 0.3 is 12.1 Å². The van der Waals surface area contributed by atoms with E-state index in [0.29, 0.717) is 41.8 Å². The van der Waals surface area contributed by atoms with Crippen LogP contribution in [0.25, 0.3) is 23.0 Å². The lowest BCUT2D eigenvalue weighted by Gasteiger charge is -2.32. The van der Waals surface area contributed by atoms with Crippen LogP contribution >= 0.6 is 15.9 Å². The molecule has 1 aliphatic rings. The number of aryl methyl sites for hydroxylation is 1. The number of alkyl halides is 3. The number of carbonyl (C=O) groups is 2. The summed E-state index contributed by atoms with van der Waals surface area (Å²) in [6.07, 6.45) is -2.68. The molecule has 1 amide bonds. The van der Waals surface area contributed by atoms with Crippen molar-refractivity contribution in [3.8, 4) is 23.0 Å². The third kappa shape index (κ3) is 6.42. The molecular weight excluding hydrogens is 539 g/mol. The van der Waals surface area contributed by atoms with E-state index < -0.39 is 12.1 Å². The van der Waals surface area contributed by atoms with Crippen molar-refractivity contribution in [1.29, 1.82) is 0 Å². The first kappa shape index (κ1) is 26.3. The summed E-state index contributed by atoms with van der Waals surface area (Å²) >= 11 is 3.50. The van der Waals surface area contributed by atoms with Gasteiger partial charge in [0.2, 0.25) is 5.82 Å². The largest absolute Gasteiger partial charge is 0.490 e. The molecule has 0 radical (unpaired) electrons. The summed E-state index contributed by atoms with van der Waals surface area (Å²) in [5.74, 6) is -2.10. The molecule has 0 aromatic carbocycles. The molecule has 15 heteroatoms. The monoisotopic (exact) mass is 559 g/mol. The fourth-order valence-corrected chi connectivity index (χ4v) is 3.63. The zero-order valence-corrected chi connectivity index (χ0v) is 20.2. The maximum absolute atomic E-state index is 12.6. The molecule has 0 aliphatic carbocycles. The molecule has 0 atom stereocenters. The molecule has 0 bridgehead atoms. The maximum Gasteiger partial charge on any atom is 0.490 e. The number of carbonyl (C=O) groups excluding carboxylic acids is 1. The standard InChI is InChI=1S/C18H20BrN7O2.C2HF3O2/c1-3-12-14(19)15(23-22-12)17-21-16(24-28-17)11-4-5-13(20-10-11)18(27)26-8-6-25(2)7-9-26;3-2(4,5)1(6)7/h4-5,10H,3,6-9H2,1-2H3,(H,22,23);(H,6,7).